The van der Waals surface area contributed by atoms with Gasteiger partial charge in [-0.25, -0.2) is 0 Å². The summed E-state index contributed by atoms with van der Waals surface area (Å²) in [6, 6.07) is -0.834. The van der Waals surface area contributed by atoms with Crippen LogP contribution in [0.3, 0.4) is 0 Å². The number of amides is 1. The number of aliphatic hydroxyl groups is 8. The summed E-state index contributed by atoms with van der Waals surface area (Å²) in [5.41, 5.74) is 0. The largest absolute Gasteiger partial charge is 0.394 e. The molecule has 12 atom stereocenters. The van der Waals surface area contributed by atoms with Crippen molar-refractivity contribution in [3.05, 3.63) is 36.5 Å². The summed E-state index contributed by atoms with van der Waals surface area (Å²) in [6.45, 7) is 2.76. The molecule has 9 N–H and O–H groups in total. The predicted octanol–water partition coefficient (Wildman–Crippen LogP) is 10.2. The van der Waals surface area contributed by atoms with E-state index in [9.17, 15) is 45.6 Å². The van der Waals surface area contributed by atoms with Crippen LogP contribution in [0.4, 0.5) is 0 Å². The second-order valence-electron chi connectivity index (χ2n) is 21.5. The molecule has 14 nitrogen and oxygen atoms in total. The van der Waals surface area contributed by atoms with Crippen LogP contribution in [-0.2, 0) is 23.7 Å². The van der Waals surface area contributed by atoms with Crippen LogP contribution in [0.15, 0.2) is 36.5 Å². The average molecular weight is 1050 g/mol. The summed E-state index contributed by atoms with van der Waals surface area (Å²) in [7, 11) is 0. The van der Waals surface area contributed by atoms with Crippen molar-refractivity contribution in [1.82, 2.24) is 5.32 Å². The number of unbranched alkanes of at least 4 members (excludes halogenated alkanes) is 29. The van der Waals surface area contributed by atoms with Crippen LogP contribution in [0.2, 0.25) is 0 Å². The van der Waals surface area contributed by atoms with Crippen LogP contribution in [0.5, 0.6) is 0 Å². The van der Waals surface area contributed by atoms with Crippen molar-refractivity contribution in [2.75, 3.05) is 19.8 Å². The lowest BCUT2D eigenvalue weighted by Gasteiger charge is -2.46. The number of aliphatic hydroxyl groups excluding tert-OH is 8. The molecule has 0 bridgehead atoms. The maximum atomic E-state index is 13.3. The first kappa shape index (κ1) is 68.3. The van der Waals surface area contributed by atoms with Crippen LogP contribution in [0.1, 0.15) is 245 Å². The van der Waals surface area contributed by atoms with Gasteiger partial charge >= 0.3 is 0 Å². The Morgan fingerprint density at radius 2 is 0.932 bits per heavy atom. The molecule has 2 aliphatic rings. The van der Waals surface area contributed by atoms with Gasteiger partial charge < -0.3 is 65.1 Å². The Balaban J connectivity index is 1.74. The van der Waals surface area contributed by atoms with Gasteiger partial charge in [-0.3, -0.25) is 4.79 Å². The van der Waals surface area contributed by atoms with E-state index in [0.717, 1.165) is 77.0 Å². The standard InChI is InChI=1S/C60H111NO13/c1-3-5-7-9-11-13-15-17-19-21-22-23-24-25-26-28-29-31-33-35-37-39-41-43-49(64)48(61-52(65)44-42-40-38-36-34-32-30-27-20-18-16-14-12-10-8-6-4-2)47-71-59-57(70)55(68)58(51(46-63)73-59)74-60-56(69)54(67)53(66)50(45-62)72-60/h6,8,12,14,18,20,48-51,53-60,62-64,66-70H,3-5,7,9-11,13,15-17,19,21-47H2,1-2H3,(H,61,65)/b8-6-,14-12-,20-18-. The molecular formula is C60H111NO13. The second kappa shape index (κ2) is 46.2. The van der Waals surface area contributed by atoms with Gasteiger partial charge in [0, 0.05) is 6.42 Å². The van der Waals surface area contributed by atoms with Gasteiger partial charge in [-0.2, -0.15) is 0 Å². The van der Waals surface area contributed by atoms with Crippen molar-refractivity contribution in [1.29, 1.82) is 0 Å². The highest BCUT2D eigenvalue weighted by Gasteiger charge is 2.51. The topological polar surface area (TPSA) is 228 Å². The summed E-state index contributed by atoms with van der Waals surface area (Å²) < 4.78 is 22.8. The Morgan fingerprint density at radius 1 is 0.500 bits per heavy atom. The fourth-order valence-electron chi connectivity index (χ4n) is 10.0. The molecule has 2 heterocycles. The molecule has 2 rings (SSSR count). The molecule has 0 saturated carbocycles. The molecular weight excluding hydrogens is 943 g/mol. The Labute approximate surface area is 449 Å². The third-order valence-electron chi connectivity index (χ3n) is 14.9. The molecule has 74 heavy (non-hydrogen) atoms. The lowest BCUT2D eigenvalue weighted by molar-refractivity contribution is -0.359. The zero-order valence-corrected chi connectivity index (χ0v) is 46.6. The fourth-order valence-corrected chi connectivity index (χ4v) is 10.0. The number of rotatable bonds is 48. The second-order valence-corrected chi connectivity index (χ2v) is 21.5. The van der Waals surface area contributed by atoms with Gasteiger partial charge in [-0.15, -0.1) is 0 Å². The maximum absolute atomic E-state index is 13.3. The van der Waals surface area contributed by atoms with E-state index in [1.165, 1.54) is 135 Å². The van der Waals surface area contributed by atoms with Gasteiger partial charge in [0.1, 0.15) is 48.8 Å². The third-order valence-corrected chi connectivity index (χ3v) is 14.9. The first-order chi connectivity index (χ1) is 36.1. The minimum absolute atomic E-state index is 0.215. The molecule has 2 aliphatic heterocycles. The molecule has 0 aromatic heterocycles. The van der Waals surface area contributed by atoms with Gasteiger partial charge in [-0.05, 0) is 44.9 Å². The minimum Gasteiger partial charge on any atom is -0.394 e. The van der Waals surface area contributed by atoms with Crippen LogP contribution in [0.25, 0.3) is 0 Å². The molecule has 1 amide bonds. The van der Waals surface area contributed by atoms with E-state index >= 15 is 0 Å². The smallest absolute Gasteiger partial charge is 0.220 e. The highest BCUT2D eigenvalue weighted by atomic mass is 16.7. The summed E-state index contributed by atoms with van der Waals surface area (Å²) in [5.74, 6) is -0.215. The van der Waals surface area contributed by atoms with Crippen LogP contribution >= 0.6 is 0 Å². The first-order valence-electron chi connectivity index (χ1n) is 30.2. The molecule has 0 aromatic carbocycles. The highest BCUT2D eigenvalue weighted by molar-refractivity contribution is 5.76. The van der Waals surface area contributed by atoms with Gasteiger partial charge in [0.15, 0.2) is 12.6 Å². The third kappa shape index (κ3) is 31.6. The number of nitrogens with one attached hydrogen (secondary N) is 1. The van der Waals surface area contributed by atoms with E-state index in [-0.39, 0.29) is 12.5 Å². The molecule has 12 unspecified atom stereocenters. The predicted molar refractivity (Wildman–Crippen MR) is 295 cm³/mol. The van der Waals surface area contributed by atoms with E-state index in [4.69, 9.17) is 18.9 Å². The molecule has 2 saturated heterocycles. The number of allylic oxidation sites excluding steroid dienone is 6. The molecule has 0 aromatic rings. The van der Waals surface area contributed by atoms with Gasteiger partial charge in [0.05, 0.1) is 32.0 Å². The average Bonchev–Trinajstić information content (AvgIpc) is 3.40. The van der Waals surface area contributed by atoms with Crippen molar-refractivity contribution in [3.63, 3.8) is 0 Å². The Morgan fingerprint density at radius 3 is 1.43 bits per heavy atom. The van der Waals surface area contributed by atoms with Crippen LogP contribution in [-0.4, -0.2) is 140 Å². The van der Waals surface area contributed by atoms with Gasteiger partial charge in [-0.1, -0.05) is 230 Å². The summed E-state index contributed by atoms with van der Waals surface area (Å²) in [5, 5.41) is 87.3. The number of hydrogen-bond acceptors (Lipinski definition) is 13. The van der Waals surface area contributed by atoms with Gasteiger partial charge in [0.25, 0.3) is 0 Å². The van der Waals surface area contributed by atoms with Crippen molar-refractivity contribution >= 4 is 5.91 Å². The van der Waals surface area contributed by atoms with Gasteiger partial charge in [0.2, 0.25) is 5.91 Å². The Bertz CT molecular complexity index is 1380. The van der Waals surface area contributed by atoms with E-state index < -0.39 is 86.8 Å². The maximum Gasteiger partial charge on any atom is 0.220 e. The van der Waals surface area contributed by atoms with Crippen molar-refractivity contribution in [2.45, 2.75) is 319 Å². The summed E-state index contributed by atoms with van der Waals surface area (Å²) in [6.07, 6.45) is 38.6. The molecule has 14 heteroatoms. The monoisotopic (exact) mass is 1050 g/mol. The molecule has 0 radical (unpaired) electrons. The minimum atomic E-state index is -1.78. The first-order valence-corrected chi connectivity index (χ1v) is 30.2. The molecule has 434 valence electrons. The molecule has 0 aliphatic carbocycles. The fraction of sp³-hybridized carbons (Fsp3) is 0.883. The van der Waals surface area contributed by atoms with Crippen molar-refractivity contribution < 1.29 is 64.6 Å². The molecule has 0 spiro atoms. The SMILES string of the molecule is CC/C=C\C/C=C\C/C=C\CCCCCCCCCC(=O)NC(COC1OC(CO)C(OC2OC(CO)C(O)C(O)C2O)C(O)C1O)C(O)CCCCCCCCCCCCCCCCCCCCCCCCC. The van der Waals surface area contributed by atoms with E-state index in [1.807, 2.05) is 0 Å². The lowest BCUT2D eigenvalue weighted by Crippen LogP contribution is -2.65. The van der Waals surface area contributed by atoms with E-state index in [0.29, 0.717) is 19.3 Å². The van der Waals surface area contributed by atoms with E-state index in [2.05, 4.69) is 55.6 Å². The highest BCUT2D eigenvalue weighted by Crippen LogP contribution is 2.30. The number of carbonyl (C=O) groups excluding carboxylic acids is 1. The summed E-state index contributed by atoms with van der Waals surface area (Å²) in [4.78, 5) is 13.3. The quantitative estimate of drug-likeness (QED) is 0.0204. The Kier molecular flexibility index (Phi) is 42.6. The zero-order chi connectivity index (χ0) is 53.9. The van der Waals surface area contributed by atoms with Crippen molar-refractivity contribution in [3.8, 4) is 0 Å². The van der Waals surface area contributed by atoms with E-state index in [1.54, 1.807) is 0 Å². The normalized spacial score (nSPS) is 25.4. The number of carbonyl (C=O) groups is 1. The van der Waals surface area contributed by atoms with Crippen LogP contribution in [0, 0.1) is 0 Å². The summed E-state index contributed by atoms with van der Waals surface area (Å²) >= 11 is 0. The van der Waals surface area contributed by atoms with Crippen molar-refractivity contribution in [2.24, 2.45) is 0 Å². The zero-order valence-electron chi connectivity index (χ0n) is 46.6. The lowest BCUT2D eigenvalue weighted by atomic mass is 9.97. The number of ether oxygens (including phenoxy) is 4. The van der Waals surface area contributed by atoms with Crippen LogP contribution < -0.4 is 5.32 Å². The molecule has 2 fully saturated rings. The Hall–Kier alpha value is -1.79. The number of hydrogen-bond donors (Lipinski definition) is 9.